The Morgan fingerprint density at radius 1 is 0.891 bits per heavy atom. The Bertz CT molecular complexity index is 1400. The number of para-hydroxylation sites is 1. The molecule has 248 valence electrons. The van der Waals surface area contributed by atoms with Crippen molar-refractivity contribution < 1.29 is 19.1 Å². The largest absolute Gasteiger partial charge is 0.436 e. The molecule has 0 aromatic heterocycles. The summed E-state index contributed by atoms with van der Waals surface area (Å²) in [6, 6.07) is 12.4. The van der Waals surface area contributed by atoms with Crippen LogP contribution in [-0.4, -0.2) is 115 Å². The third-order valence-corrected chi connectivity index (χ3v) is 11.7. The molecule has 4 heterocycles. The smallest absolute Gasteiger partial charge is 0.410 e. The first-order valence-electron chi connectivity index (χ1n) is 16.6. The molecule has 0 saturated carbocycles. The summed E-state index contributed by atoms with van der Waals surface area (Å²) in [4.78, 5) is 48.6. The topological polar surface area (TPSA) is 97.5 Å². The fourth-order valence-electron chi connectivity index (χ4n) is 7.19. The van der Waals surface area contributed by atoms with Gasteiger partial charge in [-0.1, -0.05) is 50.1 Å². The maximum absolute atomic E-state index is 14.0. The molecule has 2 aromatic rings. The number of hydrogen-bond acceptors (Lipinski definition) is 6. The Balaban J connectivity index is 1.09. The Labute approximate surface area is 288 Å². The van der Waals surface area contributed by atoms with Crippen LogP contribution in [0.5, 0.6) is 0 Å². The average Bonchev–Trinajstić information content (AvgIpc) is 3.25. The second-order valence-corrected chi connectivity index (χ2v) is 14.6. The van der Waals surface area contributed by atoms with Crippen molar-refractivity contribution in [3.05, 3.63) is 62.0 Å². The molecule has 0 radical (unpaired) electrons. The molecule has 4 aliphatic heterocycles. The van der Waals surface area contributed by atoms with E-state index in [0.717, 1.165) is 76.8 Å². The number of amides is 4. The number of nitrogens with zero attached hydrogens (tertiary/aromatic N) is 4. The molecule has 12 heteroatoms. The number of nitrogens with one attached hydrogen (secondary N) is 2. The molecule has 10 nitrogen and oxygen atoms in total. The van der Waals surface area contributed by atoms with Crippen molar-refractivity contribution in [2.45, 2.75) is 63.6 Å². The number of anilines is 1. The highest BCUT2D eigenvalue weighted by Gasteiger charge is 2.36. The van der Waals surface area contributed by atoms with Crippen LogP contribution in [0.15, 0.2) is 45.3 Å². The van der Waals surface area contributed by atoms with Gasteiger partial charge in [0.15, 0.2) is 6.10 Å². The third-order valence-electron chi connectivity index (χ3n) is 10.0. The van der Waals surface area contributed by atoms with Gasteiger partial charge in [0.1, 0.15) is 0 Å². The summed E-state index contributed by atoms with van der Waals surface area (Å²) in [6.07, 6.45) is 3.29. The van der Waals surface area contributed by atoms with Gasteiger partial charge in [0.2, 0.25) is 0 Å². The molecule has 3 saturated heterocycles. The van der Waals surface area contributed by atoms with Crippen LogP contribution in [-0.2, 0) is 22.4 Å². The summed E-state index contributed by atoms with van der Waals surface area (Å²) in [5.41, 5.74) is 3.99. The van der Waals surface area contributed by atoms with E-state index in [0.29, 0.717) is 58.0 Å². The quantitative estimate of drug-likeness (QED) is 0.430. The van der Waals surface area contributed by atoms with Gasteiger partial charge in [0.05, 0.1) is 0 Å². The fraction of sp³-hybridized carbons (Fsp3) is 0.559. The fourth-order valence-corrected chi connectivity index (χ4v) is 8.47. The molecular formula is C34H44Br2N6O4. The molecule has 4 aliphatic rings. The number of benzene rings is 2. The first-order valence-corrected chi connectivity index (χ1v) is 18.1. The van der Waals surface area contributed by atoms with E-state index in [2.05, 4.69) is 53.5 Å². The number of carbonyl (C=O) groups excluding carboxylic acids is 3. The van der Waals surface area contributed by atoms with E-state index in [-0.39, 0.29) is 18.0 Å². The van der Waals surface area contributed by atoms with Crippen LogP contribution in [0.1, 0.15) is 42.4 Å². The lowest BCUT2D eigenvalue weighted by molar-refractivity contribution is -0.143. The molecule has 2 aromatic carbocycles. The second-order valence-electron chi connectivity index (χ2n) is 12.9. The molecule has 3 fully saturated rings. The normalized spacial score (nSPS) is 20.9. The summed E-state index contributed by atoms with van der Waals surface area (Å²) >= 11 is 7.26. The van der Waals surface area contributed by atoms with E-state index < -0.39 is 12.2 Å². The highest BCUT2D eigenvalue weighted by molar-refractivity contribution is 9.11. The van der Waals surface area contributed by atoms with E-state index in [1.807, 2.05) is 47.1 Å². The van der Waals surface area contributed by atoms with Crippen LogP contribution in [0.2, 0.25) is 0 Å². The zero-order chi connectivity index (χ0) is 32.2. The van der Waals surface area contributed by atoms with Crippen LogP contribution in [0.3, 0.4) is 0 Å². The number of hydrogen-bond donors (Lipinski definition) is 2. The van der Waals surface area contributed by atoms with Crippen molar-refractivity contribution in [3.8, 4) is 0 Å². The van der Waals surface area contributed by atoms with Gasteiger partial charge in [0, 0.05) is 79.0 Å². The molecule has 0 spiro atoms. The van der Waals surface area contributed by atoms with Crippen LogP contribution in [0, 0.1) is 6.92 Å². The maximum Gasteiger partial charge on any atom is 0.410 e. The van der Waals surface area contributed by atoms with Crippen LogP contribution in [0.25, 0.3) is 0 Å². The van der Waals surface area contributed by atoms with Gasteiger partial charge in [-0.2, -0.15) is 0 Å². The lowest BCUT2D eigenvalue weighted by Gasteiger charge is -2.41. The van der Waals surface area contributed by atoms with E-state index in [1.165, 1.54) is 0 Å². The summed E-state index contributed by atoms with van der Waals surface area (Å²) in [5, 5.41) is 6.49. The van der Waals surface area contributed by atoms with Crippen LogP contribution >= 0.6 is 31.9 Å². The lowest BCUT2D eigenvalue weighted by Crippen LogP contribution is -2.56. The number of halogens is 2. The monoisotopic (exact) mass is 758 g/mol. The van der Waals surface area contributed by atoms with Gasteiger partial charge in [-0.3, -0.25) is 9.69 Å². The molecule has 6 rings (SSSR count). The highest BCUT2D eigenvalue weighted by Crippen LogP contribution is 2.29. The Kier molecular flexibility index (Phi) is 10.9. The van der Waals surface area contributed by atoms with Gasteiger partial charge in [0.25, 0.3) is 5.91 Å². The van der Waals surface area contributed by atoms with Gasteiger partial charge in [-0.25, -0.2) is 9.59 Å². The summed E-state index contributed by atoms with van der Waals surface area (Å²) in [6.45, 7) is 8.61. The minimum absolute atomic E-state index is 0.0364. The maximum atomic E-state index is 14.0. The number of urea groups is 1. The minimum Gasteiger partial charge on any atom is -0.436 e. The Morgan fingerprint density at radius 2 is 1.57 bits per heavy atom. The van der Waals surface area contributed by atoms with Crippen molar-refractivity contribution in [1.82, 2.24) is 24.9 Å². The van der Waals surface area contributed by atoms with Crippen molar-refractivity contribution in [3.63, 3.8) is 0 Å². The van der Waals surface area contributed by atoms with Gasteiger partial charge < -0.3 is 30.1 Å². The van der Waals surface area contributed by atoms with E-state index in [4.69, 9.17) is 4.74 Å². The number of ether oxygens (including phenoxy) is 1. The number of rotatable bonds is 6. The van der Waals surface area contributed by atoms with Crippen molar-refractivity contribution >= 4 is 55.6 Å². The second kappa shape index (κ2) is 15.0. The van der Waals surface area contributed by atoms with Crippen molar-refractivity contribution in [2.24, 2.45) is 0 Å². The van der Waals surface area contributed by atoms with Gasteiger partial charge in [-0.15, -0.1) is 0 Å². The van der Waals surface area contributed by atoms with Crippen molar-refractivity contribution in [1.29, 1.82) is 0 Å². The molecule has 46 heavy (non-hydrogen) atoms. The molecule has 1 atom stereocenters. The first-order chi connectivity index (χ1) is 22.3. The lowest BCUT2D eigenvalue weighted by atomic mass is 10.0. The number of likely N-dealkylation sites (tertiary alicyclic amines) is 1. The predicted molar refractivity (Wildman–Crippen MR) is 185 cm³/mol. The highest BCUT2D eigenvalue weighted by atomic mass is 79.9. The Hall–Kier alpha value is -2.67. The van der Waals surface area contributed by atoms with Gasteiger partial charge in [-0.05, 0) is 87.0 Å². The van der Waals surface area contributed by atoms with Crippen LogP contribution < -0.4 is 10.6 Å². The molecular weight excluding hydrogens is 716 g/mol. The molecule has 0 bridgehead atoms. The van der Waals surface area contributed by atoms with E-state index in [1.54, 1.807) is 4.90 Å². The average molecular weight is 761 g/mol. The standard InChI is InChI=1S/C34H44Br2N6O4/c1-23-28(35)20-24(21-29(23)36)22-31(32(43)40-18-16-39(17-19-40)26-6-11-37-12-7-26)46-34(45)41-13-9-27(10-14-41)42-15-8-25-4-2-3-5-30(25)38-33(42)44/h2-5,20-21,26-27,31,37H,6-19,22H2,1H3,(H,38,44)/t31-/m1/s1. The third kappa shape index (κ3) is 7.72. The number of carbonyl (C=O) groups is 3. The first kappa shape index (κ1) is 33.2. The number of fused-ring (bicyclic) bond motifs is 1. The molecule has 0 unspecified atom stereocenters. The zero-order valence-corrected chi connectivity index (χ0v) is 29.7. The predicted octanol–water partition coefficient (Wildman–Crippen LogP) is 5.02. The molecule has 4 amide bonds. The number of piperidine rings is 2. The van der Waals surface area contributed by atoms with Crippen molar-refractivity contribution in [2.75, 3.05) is 64.2 Å². The molecule has 2 N–H and O–H groups in total. The Morgan fingerprint density at radius 3 is 2.26 bits per heavy atom. The number of piperazine rings is 1. The molecule has 0 aliphatic carbocycles. The zero-order valence-electron chi connectivity index (χ0n) is 26.5. The summed E-state index contributed by atoms with van der Waals surface area (Å²) < 4.78 is 7.95. The summed E-state index contributed by atoms with van der Waals surface area (Å²) in [5.74, 6) is -0.137. The SMILES string of the molecule is Cc1c(Br)cc(C[C@@H](OC(=O)N2CCC(N3CCc4ccccc4NC3=O)CC2)C(=O)N2CCN(C3CCNCC3)CC2)cc1Br. The van der Waals surface area contributed by atoms with Gasteiger partial charge >= 0.3 is 12.1 Å². The minimum atomic E-state index is -0.924. The van der Waals surface area contributed by atoms with E-state index >= 15 is 0 Å². The van der Waals surface area contributed by atoms with Crippen LogP contribution in [0.4, 0.5) is 15.3 Å². The summed E-state index contributed by atoms with van der Waals surface area (Å²) in [7, 11) is 0. The van der Waals surface area contributed by atoms with E-state index in [9.17, 15) is 14.4 Å².